The van der Waals surface area contributed by atoms with E-state index in [-0.39, 0.29) is 12.0 Å². The number of thioether (sulfide) groups is 1. The summed E-state index contributed by atoms with van der Waals surface area (Å²) in [4.78, 5) is 24.3. The van der Waals surface area contributed by atoms with Crippen LogP contribution in [0.15, 0.2) is 35.5 Å². The second-order valence-corrected chi connectivity index (χ2v) is 9.83. The molecule has 1 saturated carbocycles. The summed E-state index contributed by atoms with van der Waals surface area (Å²) in [5.74, 6) is 1.69. The van der Waals surface area contributed by atoms with Crippen molar-refractivity contribution in [2.75, 3.05) is 25.1 Å². The summed E-state index contributed by atoms with van der Waals surface area (Å²) in [6.45, 7) is 3.40. The predicted molar refractivity (Wildman–Crippen MR) is 129 cm³/mol. The zero-order valence-electron chi connectivity index (χ0n) is 19.2. The highest BCUT2D eigenvalue weighted by atomic mass is 32.2. The second-order valence-electron chi connectivity index (χ2n) is 8.89. The summed E-state index contributed by atoms with van der Waals surface area (Å²) < 4.78 is 5.59. The number of aryl methyl sites for hydroxylation is 1. The van der Waals surface area contributed by atoms with Gasteiger partial charge in [-0.05, 0) is 50.3 Å². The van der Waals surface area contributed by atoms with Gasteiger partial charge in [-0.25, -0.2) is 9.97 Å². The minimum absolute atomic E-state index is 0.0458. The van der Waals surface area contributed by atoms with Gasteiger partial charge in [0.15, 0.2) is 5.16 Å². The minimum Gasteiger partial charge on any atom is -0.376 e. The van der Waals surface area contributed by atoms with Crippen LogP contribution in [0.25, 0.3) is 0 Å². The summed E-state index contributed by atoms with van der Waals surface area (Å²) in [5, 5.41) is 3.79. The van der Waals surface area contributed by atoms with Crippen molar-refractivity contribution >= 4 is 23.5 Å². The highest BCUT2D eigenvalue weighted by Gasteiger charge is 2.20. The fraction of sp³-hybridized carbons (Fsp3) is 0.560. The molecular weight excluding hydrogens is 420 g/mol. The van der Waals surface area contributed by atoms with Crippen molar-refractivity contribution in [3.63, 3.8) is 0 Å². The topological polar surface area (TPSA) is 67.4 Å². The number of anilines is 1. The average Bonchev–Trinajstić information content (AvgIpc) is 3.35. The van der Waals surface area contributed by atoms with Gasteiger partial charge in [0.05, 0.1) is 6.10 Å². The van der Waals surface area contributed by atoms with Crippen LogP contribution in [0, 0.1) is 6.92 Å². The van der Waals surface area contributed by atoms with E-state index >= 15 is 0 Å². The van der Waals surface area contributed by atoms with Gasteiger partial charge in [-0.2, -0.15) is 0 Å². The van der Waals surface area contributed by atoms with E-state index < -0.39 is 0 Å². The number of rotatable bonds is 8. The lowest BCUT2D eigenvalue weighted by Gasteiger charge is -2.32. The van der Waals surface area contributed by atoms with E-state index in [4.69, 9.17) is 9.72 Å². The number of aromatic nitrogens is 2. The lowest BCUT2D eigenvalue weighted by Crippen LogP contribution is -2.34. The van der Waals surface area contributed by atoms with Crippen LogP contribution in [-0.2, 0) is 10.5 Å². The molecule has 2 aliphatic rings. The van der Waals surface area contributed by atoms with E-state index in [1.54, 1.807) is 11.8 Å². The van der Waals surface area contributed by atoms with Crippen LogP contribution in [0.3, 0.4) is 0 Å². The van der Waals surface area contributed by atoms with Crippen LogP contribution in [0.1, 0.15) is 66.6 Å². The first kappa shape index (κ1) is 23.1. The molecule has 0 spiro atoms. The first-order chi connectivity index (χ1) is 15.6. The molecule has 1 aliphatic heterocycles. The molecule has 0 unspecified atom stereocenters. The number of hydrogen-bond acceptors (Lipinski definition) is 6. The Bertz CT molecular complexity index is 911. The molecule has 1 amide bonds. The number of nitrogens with zero attached hydrogens (tertiary/aromatic N) is 3. The summed E-state index contributed by atoms with van der Waals surface area (Å²) in [5.41, 5.74) is 2.76. The first-order valence-corrected chi connectivity index (χ1v) is 12.8. The molecule has 2 aromatic rings. The van der Waals surface area contributed by atoms with Crippen molar-refractivity contribution in [1.29, 1.82) is 0 Å². The van der Waals surface area contributed by atoms with Crippen molar-refractivity contribution in [2.24, 2.45) is 0 Å². The van der Waals surface area contributed by atoms with Crippen molar-refractivity contribution in [1.82, 2.24) is 15.3 Å². The standard InChI is InChI=1S/C25H34N4O2S/c1-18-14-23(29(2)21-10-4-3-5-11-21)28-25(27-18)32-17-19-8-6-9-20(15-19)24(30)26-16-22-12-7-13-31-22/h6,8-9,14-15,21-22H,3-5,7,10-13,16-17H2,1-2H3,(H,26,30)/t22-/m1/s1. The quantitative estimate of drug-likeness (QED) is 0.458. The zero-order chi connectivity index (χ0) is 22.3. The van der Waals surface area contributed by atoms with Gasteiger partial charge in [-0.15, -0.1) is 0 Å². The van der Waals surface area contributed by atoms with E-state index in [0.29, 0.717) is 18.2 Å². The van der Waals surface area contributed by atoms with E-state index in [9.17, 15) is 4.79 Å². The van der Waals surface area contributed by atoms with E-state index in [1.807, 2.05) is 25.1 Å². The van der Waals surface area contributed by atoms with Crippen molar-refractivity contribution in [3.8, 4) is 0 Å². The maximum absolute atomic E-state index is 12.5. The number of hydrogen-bond donors (Lipinski definition) is 1. The predicted octanol–water partition coefficient (Wildman–Crippen LogP) is 4.76. The Kier molecular flexibility index (Phi) is 8.03. The number of benzene rings is 1. The highest BCUT2D eigenvalue weighted by Crippen LogP contribution is 2.27. The molecule has 6 nitrogen and oxygen atoms in total. The van der Waals surface area contributed by atoms with Crippen molar-refractivity contribution in [2.45, 2.75) is 74.9 Å². The molecule has 4 rings (SSSR count). The second kappa shape index (κ2) is 11.1. The smallest absolute Gasteiger partial charge is 0.251 e. The average molecular weight is 455 g/mol. The van der Waals surface area contributed by atoms with Gasteiger partial charge >= 0.3 is 0 Å². The minimum atomic E-state index is -0.0458. The molecular formula is C25H34N4O2S. The molecule has 1 aromatic carbocycles. The van der Waals surface area contributed by atoms with Crippen molar-refractivity contribution in [3.05, 3.63) is 47.2 Å². The molecule has 172 valence electrons. The Balaban J connectivity index is 1.36. The van der Waals surface area contributed by atoms with Gasteiger partial charge in [-0.3, -0.25) is 4.79 Å². The van der Waals surface area contributed by atoms with Gasteiger partial charge in [0.25, 0.3) is 5.91 Å². The zero-order valence-corrected chi connectivity index (χ0v) is 20.0. The van der Waals surface area contributed by atoms with E-state index in [2.05, 4.69) is 34.4 Å². The molecule has 1 saturated heterocycles. The third kappa shape index (κ3) is 6.23. The van der Waals surface area contributed by atoms with Gasteiger partial charge in [0, 0.05) is 49.3 Å². The molecule has 1 atom stereocenters. The maximum atomic E-state index is 12.5. The molecule has 2 fully saturated rings. The van der Waals surface area contributed by atoms with E-state index in [0.717, 1.165) is 47.4 Å². The summed E-state index contributed by atoms with van der Waals surface area (Å²) in [6.07, 6.45) is 8.68. The van der Waals surface area contributed by atoms with Gasteiger partial charge in [-0.1, -0.05) is 43.2 Å². The summed E-state index contributed by atoms with van der Waals surface area (Å²) in [6, 6.07) is 10.5. The number of nitrogens with one attached hydrogen (secondary N) is 1. The monoisotopic (exact) mass is 454 g/mol. The molecule has 0 radical (unpaired) electrons. The van der Waals surface area contributed by atoms with Crippen molar-refractivity contribution < 1.29 is 9.53 Å². The van der Waals surface area contributed by atoms with Gasteiger partial charge < -0.3 is 15.0 Å². The maximum Gasteiger partial charge on any atom is 0.251 e. The van der Waals surface area contributed by atoms with Crippen LogP contribution >= 0.6 is 11.8 Å². The molecule has 2 heterocycles. The normalized spacial score (nSPS) is 19.1. The van der Waals surface area contributed by atoms with Crippen LogP contribution in [0.2, 0.25) is 0 Å². The fourth-order valence-electron chi connectivity index (χ4n) is 4.49. The number of carbonyl (C=O) groups excluding carboxylic acids is 1. The molecule has 1 aliphatic carbocycles. The third-order valence-corrected chi connectivity index (χ3v) is 7.29. The fourth-order valence-corrected chi connectivity index (χ4v) is 5.33. The largest absolute Gasteiger partial charge is 0.376 e. The Morgan fingerprint density at radius 2 is 2.00 bits per heavy atom. The molecule has 1 N–H and O–H groups in total. The number of amides is 1. The number of carbonyl (C=O) groups is 1. The highest BCUT2D eigenvalue weighted by molar-refractivity contribution is 7.98. The van der Waals surface area contributed by atoms with E-state index in [1.165, 1.54) is 32.1 Å². The van der Waals surface area contributed by atoms with Crippen LogP contribution in [0.5, 0.6) is 0 Å². The molecule has 1 aromatic heterocycles. The summed E-state index contributed by atoms with van der Waals surface area (Å²) >= 11 is 1.62. The Hall–Kier alpha value is -2.12. The Labute approximate surface area is 195 Å². The molecule has 0 bridgehead atoms. The van der Waals surface area contributed by atoms with Crippen LogP contribution in [0.4, 0.5) is 5.82 Å². The molecule has 7 heteroatoms. The van der Waals surface area contributed by atoms with Gasteiger partial charge in [0.1, 0.15) is 5.82 Å². The molecule has 32 heavy (non-hydrogen) atoms. The number of ether oxygens (including phenoxy) is 1. The van der Waals surface area contributed by atoms with Crippen LogP contribution < -0.4 is 10.2 Å². The van der Waals surface area contributed by atoms with Crippen LogP contribution in [-0.4, -0.2) is 48.2 Å². The first-order valence-electron chi connectivity index (χ1n) is 11.8. The lowest BCUT2D eigenvalue weighted by atomic mass is 9.94. The van der Waals surface area contributed by atoms with Gasteiger partial charge in [0.2, 0.25) is 0 Å². The SMILES string of the molecule is Cc1cc(N(C)C2CCCCC2)nc(SCc2cccc(C(=O)NC[C@H]3CCCO3)c2)n1. The Morgan fingerprint density at radius 3 is 2.78 bits per heavy atom. The summed E-state index contributed by atoms with van der Waals surface area (Å²) in [7, 11) is 2.16. The Morgan fingerprint density at radius 1 is 1.16 bits per heavy atom. The lowest BCUT2D eigenvalue weighted by molar-refractivity contribution is 0.0857. The third-order valence-electron chi connectivity index (χ3n) is 6.38.